The minimum Gasteiger partial charge on any atom is -0.371 e. The maximum Gasteiger partial charge on any atom is 0.0510 e. The fraction of sp³-hybridized carbons (Fsp3) is 0.625. The van der Waals surface area contributed by atoms with Gasteiger partial charge in [-0.2, -0.15) is 0 Å². The molecular weight excluding hydrogens is 314 g/mol. The van der Waals surface area contributed by atoms with Gasteiger partial charge in [0.25, 0.3) is 0 Å². The molecule has 1 atom stereocenters. The van der Waals surface area contributed by atoms with Gasteiger partial charge in [0.15, 0.2) is 0 Å². The molecule has 1 aromatic carbocycles. The van der Waals surface area contributed by atoms with Crippen LogP contribution >= 0.6 is 15.9 Å². The van der Waals surface area contributed by atoms with E-state index in [9.17, 15) is 0 Å². The molecule has 1 saturated heterocycles. The number of hydrogen-bond acceptors (Lipinski definition) is 3. The maximum absolute atomic E-state index is 3.74. The van der Waals surface area contributed by atoms with Gasteiger partial charge in [-0.1, -0.05) is 6.07 Å². The minimum atomic E-state index is 0.383. The number of anilines is 1. The Morgan fingerprint density at radius 1 is 1.35 bits per heavy atom. The lowest BCUT2D eigenvalue weighted by Gasteiger charge is -2.37. The smallest absolute Gasteiger partial charge is 0.0510 e. The van der Waals surface area contributed by atoms with Gasteiger partial charge in [-0.15, -0.1) is 0 Å². The Morgan fingerprint density at radius 3 is 2.55 bits per heavy atom. The van der Waals surface area contributed by atoms with Gasteiger partial charge < -0.3 is 15.1 Å². The molecule has 3 nitrogen and oxygen atoms in total. The first-order valence-electron chi connectivity index (χ1n) is 7.41. The molecule has 1 aliphatic heterocycles. The van der Waals surface area contributed by atoms with Crippen molar-refractivity contribution in [2.75, 3.05) is 39.1 Å². The molecule has 1 N–H and O–H groups in total. The first-order chi connectivity index (χ1) is 9.52. The average molecular weight is 340 g/mol. The summed E-state index contributed by atoms with van der Waals surface area (Å²) in [4.78, 5) is 4.85. The van der Waals surface area contributed by atoms with E-state index in [1.807, 2.05) is 7.05 Å². The standard InChI is InChI=1S/C16H26BrN3/c1-12(18-2)13-5-6-16(15(17)11-13)20(4)14-7-9-19(3)10-8-14/h5-6,11-12,14,18H,7-10H2,1-4H3. The van der Waals surface area contributed by atoms with Gasteiger partial charge in [0.05, 0.1) is 5.69 Å². The summed E-state index contributed by atoms with van der Waals surface area (Å²) in [6, 6.07) is 7.74. The molecule has 1 aromatic rings. The lowest BCUT2D eigenvalue weighted by atomic mass is 10.0. The first-order valence-corrected chi connectivity index (χ1v) is 8.20. The Kier molecular flexibility index (Phi) is 5.47. The summed E-state index contributed by atoms with van der Waals surface area (Å²) in [7, 11) is 6.43. The molecule has 0 spiro atoms. The quantitative estimate of drug-likeness (QED) is 0.908. The van der Waals surface area contributed by atoms with Crippen LogP contribution in [0.15, 0.2) is 22.7 Å². The topological polar surface area (TPSA) is 18.5 Å². The van der Waals surface area contributed by atoms with Gasteiger partial charge in [-0.05, 0) is 80.6 Å². The molecule has 1 aliphatic rings. The van der Waals surface area contributed by atoms with Crippen molar-refractivity contribution >= 4 is 21.6 Å². The van der Waals surface area contributed by atoms with Crippen LogP contribution in [0.3, 0.4) is 0 Å². The SMILES string of the molecule is CNC(C)c1ccc(N(C)C2CCN(C)CC2)c(Br)c1. The summed E-state index contributed by atoms with van der Waals surface area (Å²) < 4.78 is 1.19. The third kappa shape index (κ3) is 3.54. The van der Waals surface area contributed by atoms with Gasteiger partial charge in [-0.3, -0.25) is 0 Å². The highest BCUT2D eigenvalue weighted by molar-refractivity contribution is 9.10. The zero-order valence-corrected chi connectivity index (χ0v) is 14.6. The van der Waals surface area contributed by atoms with E-state index in [0.717, 1.165) is 0 Å². The second-order valence-corrected chi connectivity index (χ2v) is 6.72. The lowest BCUT2D eigenvalue weighted by Crippen LogP contribution is -2.42. The number of rotatable bonds is 4. The van der Waals surface area contributed by atoms with Crippen LogP contribution in [0.4, 0.5) is 5.69 Å². The van der Waals surface area contributed by atoms with Crippen molar-refractivity contribution in [3.63, 3.8) is 0 Å². The second kappa shape index (κ2) is 6.92. The van der Waals surface area contributed by atoms with Crippen LogP contribution in [0.2, 0.25) is 0 Å². The van der Waals surface area contributed by atoms with Gasteiger partial charge in [-0.25, -0.2) is 0 Å². The van der Waals surface area contributed by atoms with E-state index in [4.69, 9.17) is 0 Å². The van der Waals surface area contributed by atoms with Crippen LogP contribution in [0.5, 0.6) is 0 Å². The van der Waals surface area contributed by atoms with Crippen LogP contribution in [0.1, 0.15) is 31.4 Å². The van der Waals surface area contributed by atoms with Crippen molar-refractivity contribution in [2.24, 2.45) is 0 Å². The van der Waals surface area contributed by atoms with Crippen molar-refractivity contribution in [2.45, 2.75) is 31.8 Å². The van der Waals surface area contributed by atoms with Crippen LogP contribution < -0.4 is 10.2 Å². The predicted octanol–water partition coefficient (Wildman–Crippen LogP) is 3.26. The Hall–Kier alpha value is -0.580. The van der Waals surface area contributed by atoms with Gasteiger partial charge in [0.2, 0.25) is 0 Å². The monoisotopic (exact) mass is 339 g/mol. The summed E-state index contributed by atoms with van der Waals surface area (Å²) in [6.07, 6.45) is 2.49. The van der Waals surface area contributed by atoms with E-state index in [1.54, 1.807) is 0 Å². The maximum atomic E-state index is 3.74. The minimum absolute atomic E-state index is 0.383. The highest BCUT2D eigenvalue weighted by Crippen LogP contribution is 2.31. The third-order valence-corrected chi connectivity index (χ3v) is 5.16. The van der Waals surface area contributed by atoms with E-state index in [-0.39, 0.29) is 0 Å². The zero-order chi connectivity index (χ0) is 14.7. The van der Waals surface area contributed by atoms with Crippen molar-refractivity contribution in [1.82, 2.24) is 10.2 Å². The molecule has 1 unspecified atom stereocenters. The summed E-state index contributed by atoms with van der Waals surface area (Å²) in [5.41, 5.74) is 2.62. The van der Waals surface area contributed by atoms with E-state index in [0.29, 0.717) is 12.1 Å². The predicted molar refractivity (Wildman–Crippen MR) is 90.5 cm³/mol. The Labute approximate surface area is 131 Å². The third-order valence-electron chi connectivity index (χ3n) is 4.52. The Morgan fingerprint density at radius 2 is 2.00 bits per heavy atom. The van der Waals surface area contributed by atoms with Gasteiger partial charge in [0.1, 0.15) is 0 Å². The van der Waals surface area contributed by atoms with Crippen molar-refractivity contribution in [3.05, 3.63) is 28.2 Å². The molecule has 0 bridgehead atoms. The molecule has 0 aromatic heterocycles. The van der Waals surface area contributed by atoms with Crippen molar-refractivity contribution in [1.29, 1.82) is 0 Å². The number of nitrogens with one attached hydrogen (secondary N) is 1. The van der Waals surface area contributed by atoms with Crippen LogP contribution in [-0.4, -0.2) is 45.2 Å². The van der Waals surface area contributed by atoms with E-state index in [2.05, 4.69) is 70.3 Å². The average Bonchev–Trinajstić information content (AvgIpc) is 2.46. The van der Waals surface area contributed by atoms with Crippen molar-refractivity contribution in [3.8, 4) is 0 Å². The molecule has 0 amide bonds. The normalized spacial score (nSPS) is 19.1. The number of halogens is 1. The van der Waals surface area contributed by atoms with Crippen molar-refractivity contribution < 1.29 is 0 Å². The van der Waals surface area contributed by atoms with E-state index < -0.39 is 0 Å². The lowest BCUT2D eigenvalue weighted by molar-refractivity contribution is 0.253. The molecular formula is C16H26BrN3. The molecule has 2 rings (SSSR count). The number of piperidine rings is 1. The van der Waals surface area contributed by atoms with Gasteiger partial charge in [0, 0.05) is 23.6 Å². The molecule has 20 heavy (non-hydrogen) atoms. The Bertz CT molecular complexity index is 441. The molecule has 112 valence electrons. The summed E-state index contributed by atoms with van der Waals surface area (Å²) >= 11 is 3.74. The highest BCUT2D eigenvalue weighted by atomic mass is 79.9. The van der Waals surface area contributed by atoms with Crippen LogP contribution in [0.25, 0.3) is 0 Å². The molecule has 4 heteroatoms. The zero-order valence-electron chi connectivity index (χ0n) is 13.0. The first kappa shape index (κ1) is 15.8. The highest BCUT2D eigenvalue weighted by Gasteiger charge is 2.22. The van der Waals surface area contributed by atoms with Crippen LogP contribution in [0, 0.1) is 0 Å². The molecule has 0 radical (unpaired) electrons. The molecule has 1 fully saturated rings. The summed E-state index contributed by atoms with van der Waals surface area (Å²) in [6.45, 7) is 4.57. The Balaban J connectivity index is 2.12. The van der Waals surface area contributed by atoms with E-state index >= 15 is 0 Å². The molecule has 0 aliphatic carbocycles. The fourth-order valence-electron chi connectivity index (χ4n) is 2.82. The van der Waals surface area contributed by atoms with Crippen LogP contribution in [-0.2, 0) is 0 Å². The molecule has 1 heterocycles. The van der Waals surface area contributed by atoms with E-state index in [1.165, 1.54) is 41.7 Å². The number of likely N-dealkylation sites (tertiary alicyclic amines) is 1. The largest absolute Gasteiger partial charge is 0.371 e. The fourth-order valence-corrected chi connectivity index (χ4v) is 3.50. The molecule has 0 saturated carbocycles. The van der Waals surface area contributed by atoms with Gasteiger partial charge >= 0.3 is 0 Å². The number of hydrogen-bond donors (Lipinski definition) is 1. The number of benzene rings is 1. The summed E-state index contributed by atoms with van der Waals surface area (Å²) in [5.74, 6) is 0. The summed E-state index contributed by atoms with van der Waals surface area (Å²) in [5, 5.41) is 3.29. The number of nitrogens with zero attached hydrogens (tertiary/aromatic N) is 2. The second-order valence-electron chi connectivity index (χ2n) is 5.87.